The molecule has 0 aliphatic carbocycles. The highest BCUT2D eigenvalue weighted by atomic mass is 32.1. The molecule has 22 heavy (non-hydrogen) atoms. The summed E-state index contributed by atoms with van der Waals surface area (Å²) in [7, 11) is -8.82. The lowest BCUT2D eigenvalue weighted by Crippen LogP contribution is -2.43. The van der Waals surface area contributed by atoms with Crippen molar-refractivity contribution >= 4 is 34.2 Å². The summed E-state index contributed by atoms with van der Waals surface area (Å²) >= 11 is 3.79. The molecule has 2 unspecified atom stereocenters. The van der Waals surface area contributed by atoms with E-state index in [1.807, 2.05) is 6.92 Å². The van der Waals surface area contributed by atoms with Gasteiger partial charge in [0, 0.05) is 12.5 Å². The van der Waals surface area contributed by atoms with Gasteiger partial charge < -0.3 is 20.6 Å². The van der Waals surface area contributed by atoms with Crippen LogP contribution in [-0.2, 0) is 27.3 Å². The van der Waals surface area contributed by atoms with E-state index in [2.05, 4.69) is 26.0 Å². The van der Waals surface area contributed by atoms with Crippen LogP contribution in [0.2, 0.25) is 0 Å². The maximum absolute atomic E-state index is 11.3. The van der Waals surface area contributed by atoms with Gasteiger partial charge in [-0.3, -0.25) is 13.8 Å². The van der Waals surface area contributed by atoms with Crippen LogP contribution in [0, 0.1) is 5.41 Å². The average Bonchev–Trinajstić information content (AvgIpc) is 2.35. The van der Waals surface area contributed by atoms with Crippen molar-refractivity contribution < 1.29 is 42.2 Å². The molecule has 5 N–H and O–H groups in total. The Bertz CT molecular complexity index is 445. The molecule has 3 atom stereocenters. The number of thiol groups is 1. The number of carbonyl (C=O) groups is 1. The second-order valence-electron chi connectivity index (χ2n) is 4.58. The van der Waals surface area contributed by atoms with Crippen molar-refractivity contribution in [2.75, 3.05) is 19.5 Å². The quantitative estimate of drug-likeness (QED) is 0.299. The van der Waals surface area contributed by atoms with Crippen LogP contribution in [0.5, 0.6) is 0 Å². The summed E-state index contributed by atoms with van der Waals surface area (Å²) in [5.41, 5.74) is 3.57. The summed E-state index contributed by atoms with van der Waals surface area (Å²) in [4.78, 5) is 28.8. The summed E-state index contributed by atoms with van der Waals surface area (Å²) in [6.45, 7) is 4.02. The number of rotatable bonds is 8. The third-order valence-corrected chi connectivity index (χ3v) is 4.61. The fourth-order valence-electron chi connectivity index (χ4n) is 0.899. The maximum Gasteiger partial charge on any atom is 0.481 e. The van der Waals surface area contributed by atoms with Crippen molar-refractivity contribution in [1.82, 2.24) is 0 Å². The van der Waals surface area contributed by atoms with E-state index in [1.165, 1.54) is 13.8 Å². The standard InChI is InChI=1S/C7H17NO9P2.C2H6S/c1-7(2,5(9)6(8)10)4-16-19(13,14)17-18(11,12)15-3;1-2-3/h5,9H,4H2,1-3H3,(H2,8,10)(H,11,12)(H,13,14);3H,2H2,1H3/t5-;/m0./s1. The minimum absolute atomic E-state index is 0.630. The van der Waals surface area contributed by atoms with Crippen LogP contribution in [0.25, 0.3) is 0 Å². The Morgan fingerprint density at radius 1 is 1.32 bits per heavy atom. The molecule has 0 bridgehead atoms. The van der Waals surface area contributed by atoms with E-state index >= 15 is 0 Å². The molecule has 0 aromatic carbocycles. The number of aliphatic hydroxyl groups is 1. The summed E-state index contributed by atoms with van der Waals surface area (Å²) in [5, 5.41) is 9.43. The normalized spacial score (nSPS) is 18.4. The van der Waals surface area contributed by atoms with E-state index in [4.69, 9.17) is 15.5 Å². The van der Waals surface area contributed by atoms with Crippen LogP contribution in [0.15, 0.2) is 0 Å². The highest BCUT2D eigenvalue weighted by Gasteiger charge is 2.39. The topological polar surface area (TPSA) is 166 Å². The van der Waals surface area contributed by atoms with E-state index in [0.29, 0.717) is 0 Å². The smallest absolute Gasteiger partial charge is 0.383 e. The molecule has 0 rings (SSSR count). The highest BCUT2D eigenvalue weighted by Crippen LogP contribution is 2.60. The minimum atomic E-state index is -4.90. The van der Waals surface area contributed by atoms with Crippen molar-refractivity contribution in [2.24, 2.45) is 11.1 Å². The summed E-state index contributed by atoms with van der Waals surface area (Å²) in [6, 6.07) is 0. The Morgan fingerprint density at radius 2 is 1.73 bits per heavy atom. The Balaban J connectivity index is 0. The van der Waals surface area contributed by atoms with Crippen molar-refractivity contribution in [3.63, 3.8) is 0 Å². The largest absolute Gasteiger partial charge is 0.481 e. The number of nitrogens with two attached hydrogens (primary N) is 1. The Labute approximate surface area is 134 Å². The molecule has 0 saturated carbocycles. The number of phosphoric ester groups is 2. The summed E-state index contributed by atoms with van der Waals surface area (Å²) < 4.78 is 34.5. The van der Waals surface area contributed by atoms with Crippen LogP contribution in [-0.4, -0.2) is 46.4 Å². The van der Waals surface area contributed by atoms with Crippen LogP contribution >= 0.6 is 28.3 Å². The molecule has 0 radical (unpaired) electrons. The van der Waals surface area contributed by atoms with Crippen molar-refractivity contribution in [3.05, 3.63) is 0 Å². The van der Waals surface area contributed by atoms with Crippen LogP contribution in [0.3, 0.4) is 0 Å². The Kier molecular flexibility index (Phi) is 11.1. The predicted molar refractivity (Wildman–Crippen MR) is 82.2 cm³/mol. The summed E-state index contributed by atoms with van der Waals surface area (Å²) in [5.74, 6) is -0.105. The first-order valence-corrected chi connectivity index (χ1v) is 9.52. The van der Waals surface area contributed by atoms with Crippen LogP contribution in [0.4, 0.5) is 0 Å². The molecule has 13 heteroatoms. The van der Waals surface area contributed by atoms with Crippen molar-refractivity contribution in [2.45, 2.75) is 26.9 Å². The van der Waals surface area contributed by atoms with E-state index in [9.17, 15) is 19.0 Å². The zero-order valence-electron chi connectivity index (χ0n) is 12.7. The number of carbonyl (C=O) groups excluding carboxylic acids is 1. The molecule has 0 fully saturated rings. The summed E-state index contributed by atoms with van der Waals surface area (Å²) in [6.07, 6.45) is -1.64. The first kappa shape index (κ1) is 24.3. The molecule has 0 aromatic rings. The molecular formula is C9H23NO9P2S. The molecular weight excluding hydrogens is 360 g/mol. The minimum Gasteiger partial charge on any atom is -0.383 e. The van der Waals surface area contributed by atoms with Gasteiger partial charge in [0.25, 0.3) is 0 Å². The zero-order valence-corrected chi connectivity index (χ0v) is 15.4. The average molecular weight is 383 g/mol. The van der Waals surface area contributed by atoms with E-state index in [1.54, 1.807) is 0 Å². The second kappa shape index (κ2) is 10.0. The third-order valence-electron chi connectivity index (χ3n) is 2.05. The molecule has 0 heterocycles. The lowest BCUT2D eigenvalue weighted by Gasteiger charge is -2.28. The third kappa shape index (κ3) is 10.7. The van der Waals surface area contributed by atoms with Gasteiger partial charge in [-0.1, -0.05) is 20.8 Å². The van der Waals surface area contributed by atoms with Gasteiger partial charge in [-0.2, -0.15) is 16.9 Å². The maximum atomic E-state index is 11.3. The lowest BCUT2D eigenvalue weighted by molar-refractivity contribution is -0.133. The van der Waals surface area contributed by atoms with Gasteiger partial charge in [0.15, 0.2) is 0 Å². The molecule has 134 valence electrons. The van der Waals surface area contributed by atoms with Gasteiger partial charge in [0.05, 0.1) is 6.61 Å². The fraction of sp³-hybridized carbons (Fsp3) is 0.889. The van der Waals surface area contributed by atoms with Crippen LogP contribution in [0.1, 0.15) is 20.8 Å². The van der Waals surface area contributed by atoms with E-state index in [0.717, 1.165) is 12.9 Å². The van der Waals surface area contributed by atoms with Gasteiger partial charge in [-0.15, -0.1) is 0 Å². The number of aliphatic hydroxyl groups excluding tert-OH is 1. The lowest BCUT2D eigenvalue weighted by atomic mass is 9.87. The number of primary amides is 1. The van der Waals surface area contributed by atoms with Crippen molar-refractivity contribution in [1.29, 1.82) is 0 Å². The van der Waals surface area contributed by atoms with Gasteiger partial charge in [0.2, 0.25) is 5.91 Å². The second-order valence-corrected chi connectivity index (χ2v) is 8.37. The number of hydrogen-bond acceptors (Lipinski definition) is 8. The molecule has 0 spiro atoms. The van der Waals surface area contributed by atoms with Gasteiger partial charge >= 0.3 is 15.6 Å². The Morgan fingerprint density at radius 3 is 2.05 bits per heavy atom. The number of amides is 1. The first-order valence-electron chi connectivity index (χ1n) is 5.90. The number of phosphoric acid groups is 2. The Hall–Kier alpha value is 0.0400. The van der Waals surface area contributed by atoms with Gasteiger partial charge in [0.1, 0.15) is 6.10 Å². The van der Waals surface area contributed by atoms with E-state index in [-0.39, 0.29) is 0 Å². The molecule has 10 nitrogen and oxygen atoms in total. The van der Waals surface area contributed by atoms with Gasteiger partial charge in [-0.05, 0) is 5.75 Å². The molecule has 0 aliphatic heterocycles. The molecule has 1 amide bonds. The van der Waals surface area contributed by atoms with Crippen molar-refractivity contribution in [3.8, 4) is 0 Å². The molecule has 0 saturated heterocycles. The fourth-order valence-corrected chi connectivity index (χ4v) is 2.89. The van der Waals surface area contributed by atoms with E-state index < -0.39 is 39.7 Å². The number of hydrogen-bond donors (Lipinski definition) is 5. The predicted octanol–water partition coefficient (Wildman–Crippen LogP) is 0.675. The molecule has 0 aromatic heterocycles. The SMILES string of the molecule is CCS.COP(=O)(O)OP(=O)(O)OCC(C)(C)[C@@H](O)C(N)=O. The monoisotopic (exact) mass is 383 g/mol. The molecule has 0 aliphatic rings. The zero-order chi connectivity index (χ0) is 18.2. The van der Waals surface area contributed by atoms with Crippen LogP contribution < -0.4 is 5.73 Å². The highest BCUT2D eigenvalue weighted by molar-refractivity contribution is 7.80. The van der Waals surface area contributed by atoms with Gasteiger partial charge in [-0.25, -0.2) is 9.13 Å². The first-order chi connectivity index (χ1) is 9.74.